The molecule has 1 aliphatic heterocycles. The number of hydrogen-bond donors (Lipinski definition) is 2. The van der Waals surface area contributed by atoms with Crippen molar-refractivity contribution in [1.29, 1.82) is 0 Å². The van der Waals surface area contributed by atoms with Gasteiger partial charge < -0.3 is 20.1 Å². The van der Waals surface area contributed by atoms with Gasteiger partial charge in [0.25, 0.3) is 0 Å². The normalized spacial score (nSPS) is 16.7. The first kappa shape index (κ1) is 23.5. The standard InChI is InChI=1S/C19H30ClN3O2.HI/c1-3-24-11-5-10-22-18(21-2)23-15-19(8-12-25-13-9-19)16-6-4-7-17(20)14-16;/h4,6-7,14H,3,5,8-13,15H2,1-2H3,(H2,21,22,23);1H. The fourth-order valence-electron chi connectivity index (χ4n) is 3.15. The van der Waals surface area contributed by atoms with Crippen LogP contribution in [0.5, 0.6) is 0 Å². The van der Waals surface area contributed by atoms with Gasteiger partial charge in [-0.2, -0.15) is 0 Å². The van der Waals surface area contributed by atoms with Gasteiger partial charge in [0.15, 0.2) is 5.96 Å². The summed E-state index contributed by atoms with van der Waals surface area (Å²) in [7, 11) is 1.80. The highest BCUT2D eigenvalue weighted by molar-refractivity contribution is 14.0. The van der Waals surface area contributed by atoms with Gasteiger partial charge in [-0.25, -0.2) is 0 Å². The average molecular weight is 496 g/mol. The molecular formula is C19H31ClIN3O2. The Kier molecular flexibility index (Phi) is 11.5. The van der Waals surface area contributed by atoms with Crippen LogP contribution in [0.25, 0.3) is 0 Å². The smallest absolute Gasteiger partial charge is 0.191 e. The maximum atomic E-state index is 6.23. The van der Waals surface area contributed by atoms with Crippen molar-refractivity contribution in [2.75, 3.05) is 46.6 Å². The van der Waals surface area contributed by atoms with Crippen LogP contribution < -0.4 is 10.6 Å². The first-order valence-corrected chi connectivity index (χ1v) is 9.44. The zero-order chi connectivity index (χ0) is 18.0. The Morgan fingerprint density at radius 1 is 1.31 bits per heavy atom. The Bertz CT molecular complexity index is 551. The van der Waals surface area contributed by atoms with Crippen LogP contribution in [0.1, 0.15) is 31.7 Å². The molecule has 26 heavy (non-hydrogen) atoms. The summed E-state index contributed by atoms with van der Waals surface area (Å²) >= 11 is 6.23. The first-order chi connectivity index (χ1) is 12.2. The molecule has 0 saturated carbocycles. The van der Waals surface area contributed by atoms with Gasteiger partial charge in [-0.05, 0) is 43.9 Å². The van der Waals surface area contributed by atoms with E-state index in [0.29, 0.717) is 0 Å². The molecule has 148 valence electrons. The fourth-order valence-corrected chi connectivity index (χ4v) is 3.34. The minimum atomic E-state index is 0. The van der Waals surface area contributed by atoms with Crippen LogP contribution in [0.2, 0.25) is 5.02 Å². The topological polar surface area (TPSA) is 54.9 Å². The third-order valence-corrected chi connectivity index (χ3v) is 4.90. The number of nitrogens with one attached hydrogen (secondary N) is 2. The van der Waals surface area contributed by atoms with E-state index in [0.717, 1.165) is 69.8 Å². The lowest BCUT2D eigenvalue weighted by Gasteiger charge is -2.38. The van der Waals surface area contributed by atoms with Gasteiger partial charge in [-0.1, -0.05) is 23.7 Å². The van der Waals surface area contributed by atoms with E-state index in [9.17, 15) is 0 Å². The molecule has 0 aromatic heterocycles. The highest BCUT2D eigenvalue weighted by Crippen LogP contribution is 2.35. The van der Waals surface area contributed by atoms with E-state index in [2.05, 4.69) is 27.8 Å². The van der Waals surface area contributed by atoms with Crippen LogP contribution in [0.15, 0.2) is 29.3 Å². The van der Waals surface area contributed by atoms with Crippen molar-refractivity contribution >= 4 is 41.5 Å². The molecular weight excluding hydrogens is 465 g/mol. The van der Waals surface area contributed by atoms with Gasteiger partial charge in [0, 0.05) is 57.0 Å². The van der Waals surface area contributed by atoms with Crippen molar-refractivity contribution in [2.45, 2.75) is 31.6 Å². The predicted octanol–water partition coefficient (Wildman–Crippen LogP) is 3.60. The zero-order valence-corrected chi connectivity index (χ0v) is 18.8. The molecule has 1 fully saturated rings. The molecule has 1 aliphatic rings. The monoisotopic (exact) mass is 495 g/mol. The van der Waals surface area contributed by atoms with Crippen molar-refractivity contribution in [3.05, 3.63) is 34.9 Å². The molecule has 7 heteroatoms. The molecule has 1 aromatic carbocycles. The van der Waals surface area contributed by atoms with Gasteiger partial charge in [0.1, 0.15) is 0 Å². The van der Waals surface area contributed by atoms with E-state index in [1.54, 1.807) is 7.05 Å². The summed E-state index contributed by atoms with van der Waals surface area (Å²) in [6.45, 7) is 6.73. The highest BCUT2D eigenvalue weighted by Gasteiger charge is 2.34. The maximum absolute atomic E-state index is 6.23. The Balaban J connectivity index is 0.00000338. The van der Waals surface area contributed by atoms with E-state index in [1.807, 2.05) is 19.1 Å². The summed E-state index contributed by atoms with van der Waals surface area (Å²) in [4.78, 5) is 4.33. The molecule has 5 nitrogen and oxygen atoms in total. The second-order valence-corrected chi connectivity index (χ2v) is 6.74. The van der Waals surface area contributed by atoms with E-state index >= 15 is 0 Å². The highest BCUT2D eigenvalue weighted by atomic mass is 127. The number of benzene rings is 1. The molecule has 0 atom stereocenters. The predicted molar refractivity (Wildman–Crippen MR) is 119 cm³/mol. The average Bonchev–Trinajstić information content (AvgIpc) is 2.65. The molecule has 1 heterocycles. The minimum absolute atomic E-state index is 0. The van der Waals surface area contributed by atoms with Crippen molar-refractivity contribution in [3.8, 4) is 0 Å². The fraction of sp³-hybridized carbons (Fsp3) is 0.632. The lowest BCUT2D eigenvalue weighted by Crippen LogP contribution is -2.48. The molecule has 1 saturated heterocycles. The van der Waals surface area contributed by atoms with E-state index in [-0.39, 0.29) is 29.4 Å². The number of halogens is 2. The van der Waals surface area contributed by atoms with Crippen molar-refractivity contribution in [2.24, 2.45) is 4.99 Å². The van der Waals surface area contributed by atoms with Gasteiger partial charge >= 0.3 is 0 Å². The first-order valence-electron chi connectivity index (χ1n) is 9.06. The van der Waals surface area contributed by atoms with Crippen LogP contribution in [0.4, 0.5) is 0 Å². The number of guanidine groups is 1. The number of rotatable bonds is 8. The van der Waals surface area contributed by atoms with E-state index < -0.39 is 0 Å². The van der Waals surface area contributed by atoms with Crippen molar-refractivity contribution in [3.63, 3.8) is 0 Å². The summed E-state index contributed by atoms with van der Waals surface area (Å²) in [5, 5.41) is 7.62. The Morgan fingerprint density at radius 3 is 2.73 bits per heavy atom. The van der Waals surface area contributed by atoms with Gasteiger partial charge in [0.05, 0.1) is 0 Å². The molecule has 0 amide bonds. The number of nitrogens with zero attached hydrogens (tertiary/aromatic N) is 1. The minimum Gasteiger partial charge on any atom is -0.382 e. The lowest BCUT2D eigenvalue weighted by molar-refractivity contribution is 0.0514. The molecule has 2 rings (SSSR count). The third kappa shape index (κ3) is 7.21. The largest absolute Gasteiger partial charge is 0.382 e. The van der Waals surface area contributed by atoms with Crippen LogP contribution in [0.3, 0.4) is 0 Å². The molecule has 0 spiro atoms. The lowest BCUT2D eigenvalue weighted by atomic mass is 9.74. The Morgan fingerprint density at radius 2 is 2.08 bits per heavy atom. The number of aliphatic imine (C=N–C) groups is 1. The Hall–Kier alpha value is -0.570. The van der Waals surface area contributed by atoms with Crippen LogP contribution >= 0.6 is 35.6 Å². The van der Waals surface area contributed by atoms with Crippen molar-refractivity contribution < 1.29 is 9.47 Å². The quantitative estimate of drug-likeness (QED) is 0.250. The van der Waals surface area contributed by atoms with Crippen LogP contribution in [-0.4, -0.2) is 52.5 Å². The maximum Gasteiger partial charge on any atom is 0.191 e. The molecule has 0 unspecified atom stereocenters. The second-order valence-electron chi connectivity index (χ2n) is 6.31. The molecule has 0 aliphatic carbocycles. The number of hydrogen-bond acceptors (Lipinski definition) is 3. The third-order valence-electron chi connectivity index (χ3n) is 4.67. The van der Waals surface area contributed by atoms with E-state index in [4.69, 9.17) is 21.1 Å². The van der Waals surface area contributed by atoms with Gasteiger partial charge in [-0.15, -0.1) is 24.0 Å². The second kappa shape index (κ2) is 12.8. The summed E-state index contributed by atoms with van der Waals surface area (Å²) in [5.74, 6) is 0.824. The summed E-state index contributed by atoms with van der Waals surface area (Å²) in [5.41, 5.74) is 1.29. The molecule has 0 bridgehead atoms. The zero-order valence-electron chi connectivity index (χ0n) is 15.7. The Labute approximate surface area is 179 Å². The van der Waals surface area contributed by atoms with Gasteiger partial charge in [0.2, 0.25) is 0 Å². The SMILES string of the molecule is CCOCCCNC(=NC)NCC1(c2cccc(Cl)c2)CCOCC1.I. The van der Waals surface area contributed by atoms with E-state index in [1.165, 1.54) is 5.56 Å². The van der Waals surface area contributed by atoms with Crippen LogP contribution in [0, 0.1) is 0 Å². The number of ether oxygens (including phenoxy) is 2. The summed E-state index contributed by atoms with van der Waals surface area (Å²) in [6, 6.07) is 8.18. The van der Waals surface area contributed by atoms with Crippen molar-refractivity contribution in [1.82, 2.24) is 10.6 Å². The summed E-state index contributed by atoms with van der Waals surface area (Å²) in [6.07, 6.45) is 2.91. The molecule has 1 aromatic rings. The van der Waals surface area contributed by atoms with Crippen LogP contribution in [-0.2, 0) is 14.9 Å². The molecule has 0 radical (unpaired) electrons. The van der Waals surface area contributed by atoms with Gasteiger partial charge in [-0.3, -0.25) is 4.99 Å². The summed E-state index contributed by atoms with van der Waals surface area (Å²) < 4.78 is 11.0. The molecule has 2 N–H and O–H groups in total.